The highest BCUT2D eigenvalue weighted by Crippen LogP contribution is 2.28. The minimum Gasteiger partial charge on any atom is -0.309 e. The van der Waals surface area contributed by atoms with Crippen LogP contribution in [0.5, 0.6) is 0 Å². The van der Waals surface area contributed by atoms with Crippen molar-refractivity contribution >= 4 is 23.2 Å². The number of amides is 1. The Morgan fingerprint density at radius 3 is 2.94 bits per heavy atom. The highest BCUT2D eigenvalue weighted by molar-refractivity contribution is 6.18. The Labute approximate surface area is 99.0 Å². The Morgan fingerprint density at radius 2 is 2.31 bits per heavy atom. The van der Waals surface area contributed by atoms with Gasteiger partial charge in [0.1, 0.15) is 5.82 Å². The monoisotopic (exact) mass is 241 g/mol. The topological polar surface area (TPSA) is 20.3 Å². The zero-order valence-corrected chi connectivity index (χ0v) is 9.80. The van der Waals surface area contributed by atoms with E-state index in [1.165, 1.54) is 11.0 Å². The van der Waals surface area contributed by atoms with E-state index in [1.807, 2.05) is 6.92 Å². The Bertz CT molecular complexity index is 421. The van der Waals surface area contributed by atoms with Crippen LogP contribution in [0.15, 0.2) is 18.2 Å². The van der Waals surface area contributed by atoms with Crippen LogP contribution < -0.4 is 4.90 Å². The molecule has 0 aliphatic carbocycles. The molecule has 1 aromatic rings. The molecule has 2 nitrogen and oxygen atoms in total. The number of anilines is 1. The van der Waals surface area contributed by atoms with Gasteiger partial charge in [-0.3, -0.25) is 4.79 Å². The van der Waals surface area contributed by atoms with Gasteiger partial charge in [-0.15, -0.1) is 11.6 Å². The summed E-state index contributed by atoms with van der Waals surface area (Å²) in [5.41, 5.74) is 1.32. The summed E-state index contributed by atoms with van der Waals surface area (Å²) < 4.78 is 13.6. The van der Waals surface area contributed by atoms with Crippen LogP contribution in [0, 0.1) is 18.7 Å². The number of nitrogens with zero attached hydrogens (tertiary/aromatic N) is 1. The first kappa shape index (κ1) is 11.4. The third-order valence-electron chi connectivity index (χ3n) is 2.82. The molecule has 4 heteroatoms. The average molecular weight is 242 g/mol. The van der Waals surface area contributed by atoms with Crippen LogP contribution in [0.4, 0.5) is 10.1 Å². The molecule has 0 spiro atoms. The zero-order valence-electron chi connectivity index (χ0n) is 9.04. The molecule has 0 bridgehead atoms. The zero-order chi connectivity index (χ0) is 11.7. The summed E-state index contributed by atoms with van der Waals surface area (Å²) in [4.78, 5) is 13.2. The van der Waals surface area contributed by atoms with E-state index in [0.717, 1.165) is 5.56 Å². The van der Waals surface area contributed by atoms with Crippen molar-refractivity contribution in [3.63, 3.8) is 0 Å². The lowest BCUT2D eigenvalue weighted by atomic mass is 10.1. The molecule has 0 saturated carbocycles. The van der Waals surface area contributed by atoms with Crippen molar-refractivity contribution < 1.29 is 9.18 Å². The maximum absolute atomic E-state index is 13.6. The number of carbonyl (C=O) groups excluding carboxylic acids is 1. The third kappa shape index (κ3) is 2.05. The van der Waals surface area contributed by atoms with E-state index in [9.17, 15) is 9.18 Å². The molecule has 1 aliphatic heterocycles. The van der Waals surface area contributed by atoms with Crippen molar-refractivity contribution in [3.05, 3.63) is 29.6 Å². The predicted octanol–water partition coefficient (Wildman–Crippen LogP) is 2.73. The number of alkyl halides is 1. The number of hydrogen-bond donors (Lipinski definition) is 0. The Kier molecular flexibility index (Phi) is 3.15. The fourth-order valence-corrected chi connectivity index (χ4v) is 2.15. The lowest BCUT2D eigenvalue weighted by molar-refractivity contribution is -0.117. The molecule has 0 aromatic heterocycles. The standard InChI is InChI=1S/C12H13ClFNO/c1-8-2-3-10(14)11(4-8)15-7-9(6-13)5-12(15)16/h2-4,9H,5-7H2,1H3. The van der Waals surface area contributed by atoms with Crippen molar-refractivity contribution in [3.8, 4) is 0 Å². The molecular formula is C12H13ClFNO. The number of hydrogen-bond acceptors (Lipinski definition) is 1. The third-order valence-corrected chi connectivity index (χ3v) is 3.25. The summed E-state index contributed by atoms with van der Waals surface area (Å²) in [5.74, 6) is 0.175. The van der Waals surface area contributed by atoms with Gasteiger partial charge in [-0.25, -0.2) is 4.39 Å². The molecule has 1 unspecified atom stereocenters. The molecule has 1 aliphatic rings. The van der Waals surface area contributed by atoms with Gasteiger partial charge in [0.15, 0.2) is 0 Å². The molecule has 0 N–H and O–H groups in total. The van der Waals surface area contributed by atoms with E-state index in [1.54, 1.807) is 12.1 Å². The number of halogens is 2. The van der Waals surface area contributed by atoms with Crippen molar-refractivity contribution in [2.24, 2.45) is 5.92 Å². The van der Waals surface area contributed by atoms with E-state index < -0.39 is 0 Å². The van der Waals surface area contributed by atoms with Gasteiger partial charge in [0, 0.05) is 18.8 Å². The van der Waals surface area contributed by atoms with Crippen molar-refractivity contribution in [2.45, 2.75) is 13.3 Å². The maximum Gasteiger partial charge on any atom is 0.227 e. The molecule has 1 amide bonds. The molecule has 2 rings (SSSR count). The maximum atomic E-state index is 13.6. The lowest BCUT2D eigenvalue weighted by Crippen LogP contribution is -2.25. The van der Waals surface area contributed by atoms with Gasteiger partial charge in [0.25, 0.3) is 0 Å². The normalized spacial score (nSPS) is 20.6. The van der Waals surface area contributed by atoms with Crippen LogP contribution in [-0.2, 0) is 4.79 Å². The number of carbonyl (C=O) groups is 1. The Morgan fingerprint density at radius 1 is 1.56 bits per heavy atom. The smallest absolute Gasteiger partial charge is 0.227 e. The van der Waals surface area contributed by atoms with Crippen LogP contribution in [0.25, 0.3) is 0 Å². The van der Waals surface area contributed by atoms with Gasteiger partial charge in [-0.05, 0) is 30.5 Å². The van der Waals surface area contributed by atoms with Gasteiger partial charge < -0.3 is 4.90 Å². The summed E-state index contributed by atoms with van der Waals surface area (Å²) in [5, 5.41) is 0. The van der Waals surface area contributed by atoms with Crippen LogP contribution in [-0.4, -0.2) is 18.3 Å². The molecule has 1 heterocycles. The van der Waals surface area contributed by atoms with Crippen LogP contribution in [0.2, 0.25) is 0 Å². The van der Waals surface area contributed by atoms with E-state index in [0.29, 0.717) is 24.5 Å². The van der Waals surface area contributed by atoms with Crippen molar-refractivity contribution in [1.29, 1.82) is 0 Å². The van der Waals surface area contributed by atoms with E-state index in [2.05, 4.69) is 0 Å². The summed E-state index contributed by atoms with van der Waals surface area (Å²) >= 11 is 5.72. The van der Waals surface area contributed by atoms with Gasteiger partial charge in [-0.1, -0.05) is 6.07 Å². The first-order valence-corrected chi connectivity index (χ1v) is 5.77. The summed E-state index contributed by atoms with van der Waals surface area (Å²) in [6.07, 6.45) is 0.414. The minimum atomic E-state index is -0.353. The van der Waals surface area contributed by atoms with Gasteiger partial charge in [0.05, 0.1) is 5.69 Å². The van der Waals surface area contributed by atoms with Gasteiger partial charge in [-0.2, -0.15) is 0 Å². The summed E-state index contributed by atoms with van der Waals surface area (Å²) in [7, 11) is 0. The lowest BCUT2D eigenvalue weighted by Gasteiger charge is -2.17. The van der Waals surface area contributed by atoms with E-state index >= 15 is 0 Å². The molecule has 16 heavy (non-hydrogen) atoms. The summed E-state index contributed by atoms with van der Waals surface area (Å²) in [6, 6.07) is 4.79. The number of benzene rings is 1. The quantitative estimate of drug-likeness (QED) is 0.729. The largest absolute Gasteiger partial charge is 0.309 e. The predicted molar refractivity (Wildman–Crippen MR) is 62.3 cm³/mol. The van der Waals surface area contributed by atoms with Crippen LogP contribution in [0.1, 0.15) is 12.0 Å². The fourth-order valence-electron chi connectivity index (χ4n) is 1.95. The highest BCUT2D eigenvalue weighted by Gasteiger charge is 2.31. The average Bonchev–Trinajstić information content (AvgIpc) is 2.63. The first-order chi connectivity index (χ1) is 7.61. The summed E-state index contributed by atoms with van der Waals surface area (Å²) in [6.45, 7) is 2.39. The molecule has 1 fully saturated rings. The first-order valence-electron chi connectivity index (χ1n) is 5.24. The van der Waals surface area contributed by atoms with Crippen LogP contribution in [0.3, 0.4) is 0 Å². The second-order valence-corrected chi connectivity index (χ2v) is 4.49. The van der Waals surface area contributed by atoms with Crippen molar-refractivity contribution in [2.75, 3.05) is 17.3 Å². The van der Waals surface area contributed by atoms with Gasteiger partial charge in [0.2, 0.25) is 5.91 Å². The van der Waals surface area contributed by atoms with Crippen LogP contribution >= 0.6 is 11.6 Å². The Balaban J connectivity index is 2.30. The molecule has 1 aromatic carbocycles. The van der Waals surface area contributed by atoms with Gasteiger partial charge >= 0.3 is 0 Å². The molecule has 1 saturated heterocycles. The fraction of sp³-hybridized carbons (Fsp3) is 0.417. The highest BCUT2D eigenvalue weighted by atomic mass is 35.5. The molecular weight excluding hydrogens is 229 g/mol. The molecule has 1 atom stereocenters. The number of aryl methyl sites for hydroxylation is 1. The SMILES string of the molecule is Cc1ccc(F)c(N2CC(CCl)CC2=O)c1. The van der Waals surface area contributed by atoms with E-state index in [-0.39, 0.29) is 17.6 Å². The van der Waals surface area contributed by atoms with E-state index in [4.69, 9.17) is 11.6 Å². The number of rotatable bonds is 2. The Hall–Kier alpha value is -1.09. The van der Waals surface area contributed by atoms with Crippen molar-refractivity contribution in [1.82, 2.24) is 0 Å². The molecule has 86 valence electrons. The second kappa shape index (κ2) is 4.42. The minimum absolute atomic E-state index is 0.0462. The molecule has 0 radical (unpaired) electrons. The second-order valence-electron chi connectivity index (χ2n) is 4.18.